The lowest BCUT2D eigenvalue weighted by Crippen LogP contribution is -2.15. The van der Waals surface area contributed by atoms with E-state index in [-0.39, 0.29) is 0 Å². The minimum Gasteiger partial charge on any atom is -0.378 e. The summed E-state index contributed by atoms with van der Waals surface area (Å²) in [7, 11) is 0. The van der Waals surface area contributed by atoms with Crippen LogP contribution in [0.2, 0.25) is 0 Å². The molecule has 1 aliphatic rings. The number of hydrogen-bond acceptors (Lipinski definition) is 2. The van der Waals surface area contributed by atoms with Crippen molar-refractivity contribution in [1.29, 1.82) is 0 Å². The highest BCUT2D eigenvalue weighted by Crippen LogP contribution is 2.27. The lowest BCUT2D eigenvalue weighted by atomic mass is 10.1. The molecule has 2 heteroatoms. The molecule has 0 heterocycles. The average Bonchev–Trinajstić information content (AvgIpc) is 2.48. The van der Waals surface area contributed by atoms with Crippen molar-refractivity contribution in [2.24, 2.45) is 17.6 Å². The van der Waals surface area contributed by atoms with Crippen LogP contribution >= 0.6 is 0 Å². The Morgan fingerprint density at radius 2 is 2.17 bits per heavy atom. The van der Waals surface area contributed by atoms with Gasteiger partial charge in [0.15, 0.2) is 0 Å². The second-order valence-electron chi connectivity index (χ2n) is 4.26. The van der Waals surface area contributed by atoms with E-state index in [1.165, 1.54) is 19.3 Å². The van der Waals surface area contributed by atoms with Crippen LogP contribution in [-0.2, 0) is 4.74 Å². The van der Waals surface area contributed by atoms with Gasteiger partial charge in [0.25, 0.3) is 0 Å². The van der Waals surface area contributed by atoms with Gasteiger partial charge in [-0.05, 0) is 37.6 Å². The van der Waals surface area contributed by atoms with Crippen LogP contribution in [0.4, 0.5) is 0 Å². The Bertz CT molecular complexity index is 125. The Hall–Kier alpha value is -0.0800. The summed E-state index contributed by atoms with van der Waals surface area (Å²) in [5.41, 5.74) is 5.60. The van der Waals surface area contributed by atoms with Crippen molar-refractivity contribution in [3.63, 3.8) is 0 Å². The Kier molecular flexibility index (Phi) is 4.02. The van der Waals surface area contributed by atoms with Crippen molar-refractivity contribution in [2.75, 3.05) is 13.2 Å². The fourth-order valence-corrected chi connectivity index (χ4v) is 1.72. The van der Waals surface area contributed by atoms with E-state index in [9.17, 15) is 0 Å². The highest BCUT2D eigenvalue weighted by Gasteiger charge is 2.23. The number of ether oxygens (including phenoxy) is 1. The van der Waals surface area contributed by atoms with Gasteiger partial charge in [-0.2, -0.15) is 0 Å². The predicted octanol–water partition coefficient (Wildman–Crippen LogP) is 1.79. The summed E-state index contributed by atoms with van der Waals surface area (Å²) in [6.45, 7) is 6.12. The molecule has 0 saturated heterocycles. The number of rotatable bonds is 4. The smallest absolute Gasteiger partial charge is 0.0578 e. The van der Waals surface area contributed by atoms with Crippen LogP contribution in [0.5, 0.6) is 0 Å². The van der Waals surface area contributed by atoms with Gasteiger partial charge in [0.1, 0.15) is 0 Å². The molecule has 2 unspecified atom stereocenters. The standard InChI is InChI=1S/C10H21NO/c1-8(2)7-12-10-4-3-9(5-10)6-11/h8-10H,3-7,11H2,1-2H3. The molecule has 2 N–H and O–H groups in total. The van der Waals surface area contributed by atoms with Crippen LogP contribution in [0.25, 0.3) is 0 Å². The first-order valence-corrected chi connectivity index (χ1v) is 5.04. The summed E-state index contributed by atoms with van der Waals surface area (Å²) in [5.74, 6) is 1.38. The molecule has 0 aromatic carbocycles. The maximum absolute atomic E-state index is 5.74. The molecular formula is C10H21NO. The summed E-state index contributed by atoms with van der Waals surface area (Å²) in [6, 6.07) is 0. The molecule has 12 heavy (non-hydrogen) atoms. The molecule has 0 amide bonds. The average molecular weight is 171 g/mol. The van der Waals surface area contributed by atoms with E-state index in [0.29, 0.717) is 12.0 Å². The van der Waals surface area contributed by atoms with Crippen molar-refractivity contribution in [2.45, 2.75) is 39.2 Å². The molecule has 0 bridgehead atoms. The van der Waals surface area contributed by atoms with E-state index in [0.717, 1.165) is 19.1 Å². The molecule has 2 nitrogen and oxygen atoms in total. The molecule has 1 aliphatic carbocycles. The van der Waals surface area contributed by atoms with Crippen molar-refractivity contribution in [3.05, 3.63) is 0 Å². The third-order valence-corrected chi connectivity index (χ3v) is 2.49. The fourth-order valence-electron chi connectivity index (χ4n) is 1.72. The van der Waals surface area contributed by atoms with Crippen LogP contribution < -0.4 is 5.73 Å². The SMILES string of the molecule is CC(C)COC1CCC(CN)C1. The topological polar surface area (TPSA) is 35.2 Å². The van der Waals surface area contributed by atoms with Crippen molar-refractivity contribution >= 4 is 0 Å². The molecular weight excluding hydrogens is 150 g/mol. The fraction of sp³-hybridized carbons (Fsp3) is 1.00. The van der Waals surface area contributed by atoms with E-state index in [1.54, 1.807) is 0 Å². The van der Waals surface area contributed by atoms with E-state index in [1.807, 2.05) is 0 Å². The molecule has 0 aromatic rings. The second kappa shape index (κ2) is 4.83. The maximum atomic E-state index is 5.74. The zero-order valence-electron chi connectivity index (χ0n) is 8.25. The van der Waals surface area contributed by atoms with Gasteiger partial charge >= 0.3 is 0 Å². The highest BCUT2D eigenvalue weighted by atomic mass is 16.5. The molecule has 0 aliphatic heterocycles. The first-order valence-electron chi connectivity index (χ1n) is 5.04. The van der Waals surface area contributed by atoms with Crippen LogP contribution in [0.3, 0.4) is 0 Å². The van der Waals surface area contributed by atoms with Crippen molar-refractivity contribution in [3.8, 4) is 0 Å². The Labute approximate surface area is 75.5 Å². The molecule has 72 valence electrons. The Morgan fingerprint density at radius 3 is 2.67 bits per heavy atom. The predicted molar refractivity (Wildman–Crippen MR) is 51.0 cm³/mol. The zero-order chi connectivity index (χ0) is 8.97. The van der Waals surface area contributed by atoms with E-state index < -0.39 is 0 Å². The minimum absolute atomic E-state index is 0.501. The summed E-state index contributed by atoms with van der Waals surface area (Å²) >= 11 is 0. The molecule has 1 saturated carbocycles. The first-order chi connectivity index (χ1) is 5.72. The van der Waals surface area contributed by atoms with Crippen molar-refractivity contribution in [1.82, 2.24) is 0 Å². The molecule has 1 rings (SSSR count). The van der Waals surface area contributed by atoms with Crippen LogP contribution in [0.15, 0.2) is 0 Å². The van der Waals surface area contributed by atoms with Gasteiger partial charge in [-0.1, -0.05) is 13.8 Å². The summed E-state index contributed by atoms with van der Waals surface area (Å²) in [6.07, 6.45) is 4.16. The molecule has 0 radical (unpaired) electrons. The normalized spacial score (nSPS) is 30.0. The van der Waals surface area contributed by atoms with Gasteiger partial charge in [0.2, 0.25) is 0 Å². The van der Waals surface area contributed by atoms with Gasteiger partial charge in [0, 0.05) is 6.61 Å². The summed E-state index contributed by atoms with van der Waals surface area (Å²) < 4.78 is 5.74. The molecule has 0 aromatic heterocycles. The monoisotopic (exact) mass is 171 g/mol. The van der Waals surface area contributed by atoms with E-state index in [2.05, 4.69) is 13.8 Å². The molecule has 2 atom stereocenters. The third kappa shape index (κ3) is 3.11. The highest BCUT2D eigenvalue weighted by molar-refractivity contribution is 4.76. The Balaban J connectivity index is 2.11. The third-order valence-electron chi connectivity index (χ3n) is 2.49. The summed E-state index contributed by atoms with van der Waals surface area (Å²) in [4.78, 5) is 0. The van der Waals surface area contributed by atoms with Crippen molar-refractivity contribution < 1.29 is 4.74 Å². The number of hydrogen-bond donors (Lipinski definition) is 1. The van der Waals surface area contributed by atoms with Gasteiger partial charge in [0.05, 0.1) is 6.10 Å². The second-order valence-corrected chi connectivity index (χ2v) is 4.26. The zero-order valence-corrected chi connectivity index (χ0v) is 8.25. The quantitative estimate of drug-likeness (QED) is 0.700. The summed E-state index contributed by atoms with van der Waals surface area (Å²) in [5, 5.41) is 0. The van der Waals surface area contributed by atoms with Gasteiger partial charge in [-0.25, -0.2) is 0 Å². The molecule has 0 spiro atoms. The van der Waals surface area contributed by atoms with Crippen LogP contribution in [0, 0.1) is 11.8 Å². The molecule has 1 fully saturated rings. The van der Waals surface area contributed by atoms with E-state index >= 15 is 0 Å². The van der Waals surface area contributed by atoms with Crippen LogP contribution in [0.1, 0.15) is 33.1 Å². The first kappa shape index (κ1) is 10.0. The van der Waals surface area contributed by atoms with E-state index in [4.69, 9.17) is 10.5 Å². The minimum atomic E-state index is 0.501. The largest absolute Gasteiger partial charge is 0.378 e. The maximum Gasteiger partial charge on any atom is 0.0578 e. The lowest BCUT2D eigenvalue weighted by Gasteiger charge is -2.13. The van der Waals surface area contributed by atoms with Gasteiger partial charge in [-0.15, -0.1) is 0 Å². The van der Waals surface area contributed by atoms with Gasteiger partial charge in [-0.3, -0.25) is 0 Å². The number of nitrogens with two attached hydrogens (primary N) is 1. The Morgan fingerprint density at radius 1 is 1.42 bits per heavy atom. The lowest BCUT2D eigenvalue weighted by molar-refractivity contribution is 0.0384. The van der Waals surface area contributed by atoms with Crippen LogP contribution in [-0.4, -0.2) is 19.3 Å². The van der Waals surface area contributed by atoms with Gasteiger partial charge < -0.3 is 10.5 Å².